The van der Waals surface area contributed by atoms with Gasteiger partial charge in [0, 0.05) is 17.1 Å². The Morgan fingerprint density at radius 3 is 2.65 bits per heavy atom. The Kier molecular flexibility index (Phi) is 3.11. The second-order valence-electron chi connectivity index (χ2n) is 5.08. The summed E-state index contributed by atoms with van der Waals surface area (Å²) in [5.41, 5.74) is 8.23. The third kappa shape index (κ3) is 2.61. The zero-order valence-corrected chi connectivity index (χ0v) is 10.7. The smallest absolute Gasteiger partial charge is 0.112 e. The van der Waals surface area contributed by atoms with Crippen molar-refractivity contribution in [3.8, 4) is 0 Å². The first-order valence-electron chi connectivity index (χ1n) is 6.02. The van der Waals surface area contributed by atoms with E-state index in [0.29, 0.717) is 6.61 Å². The molecule has 17 heavy (non-hydrogen) atoms. The minimum atomic E-state index is -0.207. The Labute approximate surface area is 102 Å². The lowest BCUT2D eigenvalue weighted by molar-refractivity contribution is 0.132. The summed E-state index contributed by atoms with van der Waals surface area (Å²) in [5.74, 6) is 0. The molecular formula is C14H20N2O. The summed E-state index contributed by atoms with van der Waals surface area (Å²) in [4.78, 5) is 5.59. The van der Waals surface area contributed by atoms with Crippen LogP contribution >= 0.6 is 0 Å². The number of hydrogen-bond acceptors (Lipinski definition) is 2. The normalized spacial score (nSPS) is 12.0. The molecule has 0 bridgehead atoms. The highest BCUT2D eigenvalue weighted by molar-refractivity contribution is 5.83. The summed E-state index contributed by atoms with van der Waals surface area (Å²) in [6.07, 6.45) is 2.89. The zero-order valence-electron chi connectivity index (χ0n) is 10.7. The van der Waals surface area contributed by atoms with Gasteiger partial charge in [-0.1, -0.05) is 18.2 Å². The first-order valence-corrected chi connectivity index (χ1v) is 6.02. The number of nitrogens with two attached hydrogens (primary N) is 1. The van der Waals surface area contributed by atoms with Crippen molar-refractivity contribution in [1.82, 2.24) is 4.73 Å². The monoisotopic (exact) mass is 232 g/mol. The van der Waals surface area contributed by atoms with Crippen LogP contribution in [0.15, 0.2) is 30.5 Å². The molecule has 0 spiro atoms. The van der Waals surface area contributed by atoms with Gasteiger partial charge >= 0.3 is 0 Å². The van der Waals surface area contributed by atoms with Gasteiger partial charge < -0.3 is 10.6 Å². The summed E-state index contributed by atoms with van der Waals surface area (Å²) in [5, 5.41) is 1.22. The third-order valence-corrected chi connectivity index (χ3v) is 2.67. The number of benzene rings is 1. The number of nitrogens with zero attached hydrogens (tertiary/aromatic N) is 1. The van der Waals surface area contributed by atoms with Crippen LogP contribution in [0.5, 0.6) is 0 Å². The van der Waals surface area contributed by atoms with Gasteiger partial charge in [-0.25, -0.2) is 0 Å². The maximum absolute atomic E-state index is 6.09. The molecule has 3 heteroatoms. The molecular weight excluding hydrogens is 212 g/mol. The van der Waals surface area contributed by atoms with Crippen LogP contribution in [0.25, 0.3) is 10.9 Å². The number of hydrogen-bond donors (Lipinski definition) is 1. The quantitative estimate of drug-likeness (QED) is 0.879. The maximum atomic E-state index is 6.09. The SMILES string of the molecule is CCOn1cc(CC(C)(C)N)c2ccccc21. The van der Waals surface area contributed by atoms with Crippen LogP contribution in [0.4, 0.5) is 0 Å². The molecule has 0 atom stereocenters. The van der Waals surface area contributed by atoms with Gasteiger partial charge in [-0.2, -0.15) is 4.73 Å². The molecule has 0 aliphatic carbocycles. The van der Waals surface area contributed by atoms with Crippen molar-refractivity contribution in [3.63, 3.8) is 0 Å². The van der Waals surface area contributed by atoms with E-state index < -0.39 is 0 Å². The van der Waals surface area contributed by atoms with Gasteiger partial charge in [0.2, 0.25) is 0 Å². The Bertz CT molecular complexity index is 508. The molecule has 0 amide bonds. The van der Waals surface area contributed by atoms with Crippen molar-refractivity contribution in [1.29, 1.82) is 0 Å². The van der Waals surface area contributed by atoms with Crippen LogP contribution in [0.2, 0.25) is 0 Å². The minimum Gasteiger partial charge on any atom is -0.414 e. The highest BCUT2D eigenvalue weighted by Crippen LogP contribution is 2.23. The lowest BCUT2D eigenvalue weighted by Crippen LogP contribution is -2.34. The molecule has 1 aromatic heterocycles. The van der Waals surface area contributed by atoms with Crippen molar-refractivity contribution in [2.45, 2.75) is 32.7 Å². The third-order valence-electron chi connectivity index (χ3n) is 2.67. The topological polar surface area (TPSA) is 40.2 Å². The molecule has 0 aliphatic rings. The van der Waals surface area contributed by atoms with Crippen LogP contribution < -0.4 is 10.6 Å². The molecule has 92 valence electrons. The van der Waals surface area contributed by atoms with Crippen LogP contribution in [0.3, 0.4) is 0 Å². The molecule has 1 aromatic carbocycles. The van der Waals surface area contributed by atoms with E-state index in [2.05, 4.69) is 12.1 Å². The molecule has 0 aliphatic heterocycles. The Balaban J connectivity index is 2.48. The first-order chi connectivity index (χ1) is 8.01. The number of para-hydroxylation sites is 1. The summed E-state index contributed by atoms with van der Waals surface area (Å²) >= 11 is 0. The van der Waals surface area contributed by atoms with Crippen LogP contribution in [-0.4, -0.2) is 16.9 Å². The molecule has 2 aromatic rings. The van der Waals surface area contributed by atoms with Crippen LogP contribution in [0.1, 0.15) is 26.3 Å². The summed E-state index contributed by atoms with van der Waals surface area (Å²) in [6.45, 7) is 6.73. The molecule has 0 radical (unpaired) electrons. The van der Waals surface area contributed by atoms with E-state index in [4.69, 9.17) is 10.6 Å². The highest BCUT2D eigenvalue weighted by Gasteiger charge is 2.16. The molecule has 0 saturated heterocycles. The molecule has 1 heterocycles. The predicted molar refractivity (Wildman–Crippen MR) is 71.0 cm³/mol. The fourth-order valence-electron chi connectivity index (χ4n) is 2.10. The van der Waals surface area contributed by atoms with E-state index >= 15 is 0 Å². The summed E-state index contributed by atoms with van der Waals surface area (Å²) in [7, 11) is 0. The van der Waals surface area contributed by atoms with Gasteiger partial charge in [0.1, 0.15) is 6.61 Å². The standard InChI is InChI=1S/C14H20N2O/c1-4-17-16-10-11(9-14(2,3)15)12-7-5-6-8-13(12)16/h5-8,10H,4,9,15H2,1-3H3. The van der Waals surface area contributed by atoms with Crippen molar-refractivity contribution in [2.24, 2.45) is 5.73 Å². The average molecular weight is 232 g/mol. The van der Waals surface area contributed by atoms with E-state index in [1.54, 1.807) is 0 Å². The van der Waals surface area contributed by atoms with Gasteiger partial charge in [-0.15, -0.1) is 0 Å². The molecule has 0 fully saturated rings. The largest absolute Gasteiger partial charge is 0.414 e. The Morgan fingerprint density at radius 2 is 2.00 bits per heavy atom. The zero-order chi connectivity index (χ0) is 12.5. The van der Waals surface area contributed by atoms with Gasteiger partial charge in [0.05, 0.1) is 5.52 Å². The lowest BCUT2D eigenvalue weighted by Gasteiger charge is -2.17. The summed E-state index contributed by atoms with van der Waals surface area (Å²) in [6, 6.07) is 8.25. The highest BCUT2D eigenvalue weighted by atomic mass is 16.7. The molecule has 0 unspecified atom stereocenters. The van der Waals surface area contributed by atoms with Gasteiger partial charge in [0.15, 0.2) is 0 Å². The second kappa shape index (κ2) is 4.41. The van der Waals surface area contributed by atoms with Crippen LogP contribution in [0, 0.1) is 0 Å². The van der Waals surface area contributed by atoms with Gasteiger partial charge in [-0.3, -0.25) is 0 Å². The van der Waals surface area contributed by atoms with Crippen molar-refractivity contribution >= 4 is 10.9 Å². The van der Waals surface area contributed by atoms with Crippen molar-refractivity contribution in [2.75, 3.05) is 6.61 Å². The number of fused-ring (bicyclic) bond motifs is 1. The Hall–Kier alpha value is -1.48. The van der Waals surface area contributed by atoms with Crippen molar-refractivity contribution in [3.05, 3.63) is 36.0 Å². The van der Waals surface area contributed by atoms with Crippen molar-refractivity contribution < 1.29 is 4.84 Å². The lowest BCUT2D eigenvalue weighted by atomic mass is 9.96. The predicted octanol–water partition coefficient (Wildman–Crippen LogP) is 2.37. The number of rotatable bonds is 4. The Morgan fingerprint density at radius 1 is 1.29 bits per heavy atom. The van der Waals surface area contributed by atoms with E-state index in [1.807, 2.05) is 43.8 Å². The second-order valence-corrected chi connectivity index (χ2v) is 5.08. The summed E-state index contributed by atoms with van der Waals surface area (Å²) < 4.78 is 1.84. The minimum absolute atomic E-state index is 0.207. The van der Waals surface area contributed by atoms with E-state index in [-0.39, 0.29) is 5.54 Å². The average Bonchev–Trinajstić information content (AvgIpc) is 2.56. The fourth-order valence-corrected chi connectivity index (χ4v) is 2.10. The van der Waals surface area contributed by atoms with E-state index in [1.165, 1.54) is 10.9 Å². The first kappa shape index (κ1) is 12.0. The van der Waals surface area contributed by atoms with Crippen LogP contribution in [-0.2, 0) is 6.42 Å². The fraction of sp³-hybridized carbons (Fsp3) is 0.429. The van der Waals surface area contributed by atoms with E-state index in [0.717, 1.165) is 11.9 Å². The molecule has 2 N–H and O–H groups in total. The molecule has 2 rings (SSSR count). The van der Waals surface area contributed by atoms with E-state index in [9.17, 15) is 0 Å². The maximum Gasteiger partial charge on any atom is 0.112 e. The van der Waals surface area contributed by atoms with Gasteiger partial charge in [0.25, 0.3) is 0 Å². The molecule has 0 saturated carbocycles. The molecule has 3 nitrogen and oxygen atoms in total. The number of aromatic nitrogens is 1. The van der Waals surface area contributed by atoms with Gasteiger partial charge in [-0.05, 0) is 38.8 Å².